The first-order valence-electron chi connectivity index (χ1n) is 10.6. The van der Waals surface area contributed by atoms with Crippen molar-refractivity contribution in [3.05, 3.63) is 65.2 Å². The molecule has 0 bridgehead atoms. The molecule has 1 fully saturated rings. The molecule has 156 valence electrons. The molecule has 0 saturated carbocycles. The number of pyridine rings is 1. The van der Waals surface area contributed by atoms with Gasteiger partial charge in [-0.05, 0) is 43.6 Å². The van der Waals surface area contributed by atoms with E-state index < -0.39 is 0 Å². The summed E-state index contributed by atoms with van der Waals surface area (Å²) in [7, 11) is 0. The van der Waals surface area contributed by atoms with Gasteiger partial charge in [-0.15, -0.1) is 0 Å². The molecule has 6 nitrogen and oxygen atoms in total. The lowest BCUT2D eigenvalue weighted by Gasteiger charge is -2.30. The van der Waals surface area contributed by atoms with E-state index in [2.05, 4.69) is 21.4 Å². The number of rotatable bonds is 7. The van der Waals surface area contributed by atoms with E-state index in [0.717, 1.165) is 60.6 Å². The molecule has 30 heavy (non-hydrogen) atoms. The standard InChI is InChI=1S/C23H27N5OS/c1-2-14-27-22(20-8-12-24-13-9-20)25-28(23(27)30)17-26-15-10-19(11-16-26)21(29)18-6-4-3-5-7-18/h3-9,12-13,19H,2,10-11,14-17H2,1H3. The average molecular weight is 422 g/mol. The molecular weight excluding hydrogens is 394 g/mol. The van der Waals surface area contributed by atoms with Gasteiger partial charge < -0.3 is 0 Å². The molecular formula is C23H27N5OS. The molecule has 1 saturated heterocycles. The Kier molecular flexibility index (Phi) is 6.50. The van der Waals surface area contributed by atoms with Crippen LogP contribution in [0.15, 0.2) is 54.9 Å². The number of Topliss-reactive ketones (excluding diaryl/α,β-unsaturated/α-hetero) is 1. The van der Waals surface area contributed by atoms with Gasteiger partial charge >= 0.3 is 0 Å². The summed E-state index contributed by atoms with van der Waals surface area (Å²) in [5, 5.41) is 4.83. The number of benzene rings is 1. The topological polar surface area (TPSA) is 56.0 Å². The van der Waals surface area contributed by atoms with Crippen molar-refractivity contribution < 1.29 is 4.79 Å². The maximum Gasteiger partial charge on any atom is 0.199 e. The molecule has 3 aromatic rings. The highest BCUT2D eigenvalue weighted by atomic mass is 32.1. The van der Waals surface area contributed by atoms with Crippen molar-refractivity contribution in [2.75, 3.05) is 13.1 Å². The number of nitrogens with zero attached hydrogens (tertiary/aromatic N) is 5. The molecule has 0 amide bonds. The first-order valence-corrected chi connectivity index (χ1v) is 11.0. The Hall–Kier alpha value is -2.64. The zero-order valence-electron chi connectivity index (χ0n) is 17.3. The predicted octanol–water partition coefficient (Wildman–Crippen LogP) is 4.44. The lowest BCUT2D eigenvalue weighted by molar-refractivity contribution is 0.0803. The molecule has 1 aromatic carbocycles. The van der Waals surface area contributed by atoms with Crippen LogP contribution in [0.4, 0.5) is 0 Å². The van der Waals surface area contributed by atoms with Crippen molar-refractivity contribution in [3.8, 4) is 11.4 Å². The van der Waals surface area contributed by atoms with E-state index in [0.29, 0.717) is 6.67 Å². The number of hydrogen-bond donors (Lipinski definition) is 0. The fraction of sp³-hybridized carbons (Fsp3) is 0.391. The minimum atomic E-state index is 0.0988. The minimum Gasteiger partial charge on any atom is -0.300 e. The number of carbonyl (C=O) groups excluding carboxylic acids is 1. The van der Waals surface area contributed by atoms with Gasteiger partial charge in [0.25, 0.3) is 0 Å². The van der Waals surface area contributed by atoms with E-state index in [9.17, 15) is 4.79 Å². The van der Waals surface area contributed by atoms with Crippen molar-refractivity contribution in [2.24, 2.45) is 5.92 Å². The summed E-state index contributed by atoms with van der Waals surface area (Å²) >= 11 is 5.74. The van der Waals surface area contributed by atoms with Crippen molar-refractivity contribution in [3.63, 3.8) is 0 Å². The Morgan fingerprint density at radius 1 is 1.10 bits per heavy atom. The molecule has 2 aromatic heterocycles. The summed E-state index contributed by atoms with van der Waals surface area (Å²) in [4.78, 5) is 19.2. The summed E-state index contributed by atoms with van der Waals surface area (Å²) in [5.74, 6) is 1.25. The van der Waals surface area contributed by atoms with E-state index >= 15 is 0 Å². The zero-order valence-corrected chi connectivity index (χ0v) is 18.1. The van der Waals surface area contributed by atoms with Gasteiger partial charge in [-0.1, -0.05) is 37.3 Å². The van der Waals surface area contributed by atoms with E-state index in [4.69, 9.17) is 17.3 Å². The van der Waals surface area contributed by atoms with Crippen LogP contribution in [-0.2, 0) is 13.2 Å². The van der Waals surface area contributed by atoms with E-state index in [1.54, 1.807) is 12.4 Å². The number of hydrogen-bond acceptors (Lipinski definition) is 5. The number of piperidine rings is 1. The van der Waals surface area contributed by atoms with Crippen molar-refractivity contribution in [2.45, 2.75) is 39.4 Å². The van der Waals surface area contributed by atoms with Crippen LogP contribution in [0.2, 0.25) is 0 Å². The van der Waals surface area contributed by atoms with Crippen LogP contribution in [0, 0.1) is 10.7 Å². The molecule has 1 aliphatic heterocycles. The van der Waals surface area contributed by atoms with Crippen LogP contribution in [-0.4, -0.2) is 43.1 Å². The molecule has 0 N–H and O–H groups in total. The molecule has 0 atom stereocenters. The lowest BCUT2D eigenvalue weighted by atomic mass is 9.89. The minimum absolute atomic E-state index is 0.0988. The van der Waals surface area contributed by atoms with E-state index in [1.165, 1.54) is 0 Å². The number of carbonyl (C=O) groups is 1. The van der Waals surface area contributed by atoms with Gasteiger partial charge in [0.2, 0.25) is 0 Å². The second-order valence-electron chi connectivity index (χ2n) is 7.76. The molecule has 7 heteroatoms. The highest BCUT2D eigenvalue weighted by Crippen LogP contribution is 2.23. The summed E-state index contributed by atoms with van der Waals surface area (Å²) in [6, 6.07) is 13.6. The smallest absolute Gasteiger partial charge is 0.199 e. The van der Waals surface area contributed by atoms with Crippen LogP contribution in [0.5, 0.6) is 0 Å². The first kappa shape index (κ1) is 20.6. The van der Waals surface area contributed by atoms with Gasteiger partial charge in [-0.3, -0.25) is 19.2 Å². The third kappa shape index (κ3) is 4.42. The maximum absolute atomic E-state index is 12.7. The van der Waals surface area contributed by atoms with Gasteiger partial charge in [0.05, 0.1) is 6.67 Å². The Balaban J connectivity index is 1.45. The van der Waals surface area contributed by atoms with Crippen molar-refractivity contribution in [1.29, 1.82) is 0 Å². The number of likely N-dealkylation sites (tertiary alicyclic amines) is 1. The third-order valence-corrected chi connectivity index (χ3v) is 6.09. The van der Waals surface area contributed by atoms with E-state index in [1.807, 2.05) is 47.1 Å². The molecule has 4 rings (SSSR count). The Morgan fingerprint density at radius 3 is 2.47 bits per heavy atom. The molecule has 3 heterocycles. The SMILES string of the molecule is CCCn1c(-c2ccncc2)nn(CN2CCC(C(=O)c3ccccc3)CC2)c1=S. The van der Waals surface area contributed by atoms with Gasteiger partial charge in [-0.25, -0.2) is 4.68 Å². The van der Waals surface area contributed by atoms with Crippen LogP contribution in [0.3, 0.4) is 0 Å². The first-order chi connectivity index (χ1) is 14.7. The fourth-order valence-electron chi connectivity index (χ4n) is 4.04. The monoisotopic (exact) mass is 421 g/mol. The Bertz CT molecular complexity index is 1040. The largest absolute Gasteiger partial charge is 0.300 e. The normalized spacial score (nSPS) is 15.4. The molecule has 0 spiro atoms. The van der Waals surface area contributed by atoms with Gasteiger partial charge in [-0.2, -0.15) is 5.10 Å². The Morgan fingerprint density at radius 2 is 1.80 bits per heavy atom. The van der Waals surface area contributed by atoms with Crippen LogP contribution in [0.1, 0.15) is 36.5 Å². The molecule has 0 radical (unpaired) electrons. The van der Waals surface area contributed by atoms with E-state index in [-0.39, 0.29) is 11.7 Å². The van der Waals surface area contributed by atoms with Crippen LogP contribution < -0.4 is 0 Å². The lowest BCUT2D eigenvalue weighted by Crippen LogP contribution is -2.37. The van der Waals surface area contributed by atoms with Gasteiger partial charge in [0, 0.05) is 49.1 Å². The summed E-state index contributed by atoms with van der Waals surface area (Å²) in [6.07, 6.45) is 6.29. The van der Waals surface area contributed by atoms with Crippen LogP contribution >= 0.6 is 12.2 Å². The van der Waals surface area contributed by atoms with Gasteiger partial charge in [0.15, 0.2) is 16.4 Å². The summed E-state index contributed by atoms with van der Waals surface area (Å²) < 4.78 is 4.77. The number of ketones is 1. The van der Waals surface area contributed by atoms with Crippen LogP contribution in [0.25, 0.3) is 11.4 Å². The highest BCUT2D eigenvalue weighted by Gasteiger charge is 2.26. The summed E-state index contributed by atoms with van der Waals surface area (Å²) in [5.41, 5.74) is 1.84. The maximum atomic E-state index is 12.7. The average Bonchev–Trinajstić information content (AvgIpc) is 3.10. The quantitative estimate of drug-likeness (QED) is 0.417. The second kappa shape index (κ2) is 9.45. The zero-order chi connectivity index (χ0) is 20.9. The predicted molar refractivity (Wildman–Crippen MR) is 120 cm³/mol. The molecule has 0 aliphatic carbocycles. The van der Waals surface area contributed by atoms with Crippen molar-refractivity contribution in [1.82, 2.24) is 24.2 Å². The fourth-order valence-corrected chi connectivity index (χ4v) is 4.31. The Labute approximate surface area is 182 Å². The second-order valence-corrected chi connectivity index (χ2v) is 8.12. The highest BCUT2D eigenvalue weighted by molar-refractivity contribution is 7.71. The summed E-state index contributed by atoms with van der Waals surface area (Å²) in [6.45, 7) is 5.38. The van der Waals surface area contributed by atoms with Crippen molar-refractivity contribution >= 4 is 18.0 Å². The molecule has 1 aliphatic rings. The number of aromatic nitrogens is 4. The molecule has 0 unspecified atom stereocenters. The van der Waals surface area contributed by atoms with Gasteiger partial charge in [0.1, 0.15) is 0 Å². The third-order valence-electron chi connectivity index (χ3n) is 5.66.